The number of hydrogen-bond donors (Lipinski definition) is 0. The van der Waals surface area contributed by atoms with Gasteiger partial charge in [0.2, 0.25) is 0 Å². The van der Waals surface area contributed by atoms with Gasteiger partial charge in [0.05, 0.1) is 0 Å². The van der Waals surface area contributed by atoms with Gasteiger partial charge in [-0.3, -0.25) is 9.59 Å². The van der Waals surface area contributed by atoms with Gasteiger partial charge in [0.15, 0.2) is 23.8 Å². The fourth-order valence-corrected chi connectivity index (χ4v) is 7.66. The molecule has 0 heterocycles. The second-order valence-corrected chi connectivity index (χ2v) is 18.4. The van der Waals surface area contributed by atoms with Crippen LogP contribution < -0.4 is 0 Å². The largest absolute Gasteiger partial charge is 0.509 e. The van der Waals surface area contributed by atoms with Gasteiger partial charge in [-0.1, -0.05) is 194 Å². The van der Waals surface area contributed by atoms with Crippen LogP contribution in [0.4, 0.5) is 4.79 Å². The maximum Gasteiger partial charge on any atom is 0.509 e. The molecule has 0 aliphatic rings. The van der Waals surface area contributed by atoms with Gasteiger partial charge >= 0.3 is 6.16 Å². The highest BCUT2D eigenvalue weighted by Crippen LogP contribution is 2.20. The predicted octanol–water partition coefficient (Wildman–Crippen LogP) is 17.5. The summed E-state index contributed by atoms with van der Waals surface area (Å²) in [7, 11) is 0. The second kappa shape index (κ2) is 43.2. The van der Waals surface area contributed by atoms with E-state index in [1.807, 2.05) is 0 Å². The number of ether oxygens (including phenoxy) is 2. The lowest BCUT2D eigenvalue weighted by atomic mass is 9.99. The molecule has 0 fully saturated rings. The summed E-state index contributed by atoms with van der Waals surface area (Å²) in [5, 5.41) is 0. The normalized spacial score (nSPS) is 13.0. The van der Waals surface area contributed by atoms with Crippen LogP contribution in [0, 0.1) is 11.8 Å². The van der Waals surface area contributed by atoms with E-state index in [4.69, 9.17) is 9.47 Å². The minimum atomic E-state index is -0.840. The molecule has 0 aromatic heterocycles. The first-order valence-electron chi connectivity index (χ1n) is 25.4. The van der Waals surface area contributed by atoms with Crippen molar-refractivity contribution in [2.24, 2.45) is 11.8 Å². The number of rotatable bonds is 44. The molecule has 0 saturated carbocycles. The first kappa shape index (κ1) is 56.1. The van der Waals surface area contributed by atoms with Crippen LogP contribution in [0.1, 0.15) is 273 Å². The molecule has 0 spiro atoms. The Balaban J connectivity index is 5.00. The lowest BCUT2D eigenvalue weighted by molar-refractivity contribution is -0.133. The first-order chi connectivity index (χ1) is 28.2. The second-order valence-electron chi connectivity index (χ2n) is 18.4. The minimum absolute atomic E-state index is 0.000583. The number of Topliss-reactive ketones (excluding diaryl/α,β-unsaturated/α-hetero) is 2. The monoisotopic (exact) mass is 815 g/mol. The van der Waals surface area contributed by atoms with Crippen LogP contribution in [-0.2, 0) is 19.1 Å². The molecule has 5 nitrogen and oxygen atoms in total. The third kappa shape index (κ3) is 39.5. The molecule has 0 aliphatic heterocycles. The van der Waals surface area contributed by atoms with E-state index in [1.165, 1.54) is 116 Å². The molecule has 340 valence electrons. The summed E-state index contributed by atoms with van der Waals surface area (Å²) in [6, 6.07) is 0. The van der Waals surface area contributed by atoms with E-state index < -0.39 is 18.4 Å². The van der Waals surface area contributed by atoms with Gasteiger partial charge in [-0.25, -0.2) is 4.79 Å². The van der Waals surface area contributed by atoms with E-state index in [0.29, 0.717) is 37.5 Å². The summed E-state index contributed by atoms with van der Waals surface area (Å²) >= 11 is 0. The van der Waals surface area contributed by atoms with Crippen LogP contribution >= 0.6 is 0 Å². The molecule has 0 aromatic carbocycles. The first-order valence-corrected chi connectivity index (χ1v) is 25.4. The van der Waals surface area contributed by atoms with Gasteiger partial charge in [0.25, 0.3) is 0 Å². The molecule has 0 rings (SSSR count). The van der Waals surface area contributed by atoms with Crippen LogP contribution in [0.2, 0.25) is 0 Å². The van der Waals surface area contributed by atoms with Crippen LogP contribution in [0.15, 0.2) is 24.3 Å². The van der Waals surface area contributed by atoms with Gasteiger partial charge < -0.3 is 9.47 Å². The molecule has 2 atom stereocenters. The molecule has 0 radical (unpaired) electrons. The van der Waals surface area contributed by atoms with Gasteiger partial charge in [-0.15, -0.1) is 0 Å². The molecule has 0 N–H and O–H groups in total. The summed E-state index contributed by atoms with van der Waals surface area (Å²) in [6.07, 6.45) is 45.5. The zero-order chi connectivity index (χ0) is 42.7. The lowest BCUT2D eigenvalue weighted by Crippen LogP contribution is -2.32. The molecular formula is C53H98O5. The third-order valence-electron chi connectivity index (χ3n) is 11.6. The molecule has 0 aliphatic carbocycles. The van der Waals surface area contributed by atoms with Crippen molar-refractivity contribution in [1.82, 2.24) is 0 Å². The van der Waals surface area contributed by atoms with Crippen molar-refractivity contribution in [1.29, 1.82) is 0 Å². The van der Waals surface area contributed by atoms with E-state index in [2.05, 4.69) is 65.8 Å². The maximum absolute atomic E-state index is 13.5. The summed E-state index contributed by atoms with van der Waals surface area (Å²) < 4.78 is 11.6. The topological polar surface area (TPSA) is 69.7 Å². The Morgan fingerprint density at radius 1 is 0.362 bits per heavy atom. The molecular weight excluding hydrogens is 717 g/mol. The average molecular weight is 815 g/mol. The molecule has 5 heteroatoms. The molecule has 0 bridgehead atoms. The Labute approximate surface area is 361 Å². The van der Waals surface area contributed by atoms with E-state index in [9.17, 15) is 14.4 Å². The van der Waals surface area contributed by atoms with Crippen molar-refractivity contribution in [2.45, 2.75) is 285 Å². The van der Waals surface area contributed by atoms with Crippen LogP contribution in [0.3, 0.4) is 0 Å². The SMILES string of the molecule is CCCCCC/C=C\CCCCCCCC(=O)C(CCCCCCC(C)C)OC(=O)OC(CCCCCCC(C)C)C(=O)CCCCCCC/C=C\CCCCCC. The highest BCUT2D eigenvalue weighted by molar-refractivity contribution is 5.86. The van der Waals surface area contributed by atoms with E-state index in [-0.39, 0.29) is 11.6 Å². The van der Waals surface area contributed by atoms with Crippen molar-refractivity contribution in [2.75, 3.05) is 0 Å². The van der Waals surface area contributed by atoms with E-state index in [1.54, 1.807) is 0 Å². The Kier molecular flexibility index (Phi) is 41.8. The Bertz CT molecular complexity index is 905. The highest BCUT2D eigenvalue weighted by Gasteiger charge is 2.27. The predicted molar refractivity (Wildman–Crippen MR) is 251 cm³/mol. The third-order valence-corrected chi connectivity index (χ3v) is 11.6. The fourth-order valence-electron chi connectivity index (χ4n) is 7.66. The number of carbonyl (C=O) groups is 3. The smallest absolute Gasteiger partial charge is 0.423 e. The summed E-state index contributed by atoms with van der Waals surface area (Å²) in [6.45, 7) is 13.5. The fraction of sp³-hybridized carbons (Fsp3) is 0.868. The Morgan fingerprint density at radius 2 is 0.638 bits per heavy atom. The van der Waals surface area contributed by atoms with Gasteiger partial charge in [0, 0.05) is 12.8 Å². The quantitative estimate of drug-likeness (QED) is 0.0348. The van der Waals surface area contributed by atoms with Crippen molar-refractivity contribution in [3.8, 4) is 0 Å². The molecule has 2 unspecified atom stereocenters. The summed E-state index contributed by atoms with van der Waals surface area (Å²) in [4.78, 5) is 40.2. The highest BCUT2D eigenvalue weighted by atomic mass is 16.7. The zero-order valence-corrected chi connectivity index (χ0v) is 39.6. The van der Waals surface area contributed by atoms with E-state index >= 15 is 0 Å². The summed E-state index contributed by atoms with van der Waals surface area (Å²) in [5.74, 6) is 1.39. The van der Waals surface area contributed by atoms with Gasteiger partial charge in [-0.2, -0.15) is 0 Å². The maximum atomic E-state index is 13.5. The van der Waals surface area contributed by atoms with E-state index in [0.717, 1.165) is 89.9 Å². The number of hydrogen-bond acceptors (Lipinski definition) is 5. The number of carbonyl (C=O) groups excluding carboxylic acids is 3. The lowest BCUT2D eigenvalue weighted by Gasteiger charge is -2.20. The molecule has 0 amide bonds. The number of allylic oxidation sites excluding steroid dienone is 4. The molecule has 0 aromatic rings. The molecule has 58 heavy (non-hydrogen) atoms. The standard InChI is InChI=1S/C53H98O5/c1-7-9-11-13-15-17-19-21-23-25-27-29-37-43-49(54)51(45-39-33-31-35-41-47(3)4)57-53(56)58-52(46-40-34-32-36-42-48(5)6)50(55)44-38-30-28-26-24-22-20-18-16-14-12-10-8-2/h17-20,47-48,51-52H,7-16,21-46H2,1-6H3/b19-17-,20-18-. The Morgan fingerprint density at radius 3 is 0.966 bits per heavy atom. The van der Waals surface area contributed by atoms with Crippen LogP contribution in [0.25, 0.3) is 0 Å². The van der Waals surface area contributed by atoms with Crippen molar-refractivity contribution in [3.05, 3.63) is 24.3 Å². The van der Waals surface area contributed by atoms with Crippen molar-refractivity contribution < 1.29 is 23.9 Å². The zero-order valence-electron chi connectivity index (χ0n) is 39.6. The van der Waals surface area contributed by atoms with Crippen LogP contribution in [0.5, 0.6) is 0 Å². The van der Waals surface area contributed by atoms with Gasteiger partial charge in [0.1, 0.15) is 0 Å². The van der Waals surface area contributed by atoms with Gasteiger partial charge in [-0.05, 0) is 102 Å². The van der Waals surface area contributed by atoms with Crippen molar-refractivity contribution >= 4 is 17.7 Å². The Hall–Kier alpha value is -1.91. The average Bonchev–Trinajstić information content (AvgIpc) is 3.19. The number of unbranched alkanes of at least 4 members (excludes halogenated alkanes) is 24. The van der Waals surface area contributed by atoms with Crippen molar-refractivity contribution in [3.63, 3.8) is 0 Å². The molecule has 0 saturated heterocycles. The van der Waals surface area contributed by atoms with Crippen LogP contribution in [-0.4, -0.2) is 29.9 Å². The number of ketones is 2. The summed E-state index contributed by atoms with van der Waals surface area (Å²) in [5.41, 5.74) is 0. The minimum Gasteiger partial charge on any atom is -0.423 e.